The topological polar surface area (TPSA) is 77.1 Å². The van der Waals surface area contributed by atoms with Crippen molar-refractivity contribution in [2.24, 2.45) is 0 Å². The maximum absolute atomic E-state index is 14.2. The van der Waals surface area contributed by atoms with Gasteiger partial charge in [0.2, 0.25) is 5.82 Å². The summed E-state index contributed by atoms with van der Waals surface area (Å²) in [5, 5.41) is 11.1. The quantitative estimate of drug-likeness (QED) is 0.186. The molecule has 5 rings (SSSR count). The second-order valence-electron chi connectivity index (χ2n) is 8.70. The smallest absolute Gasteiger partial charge is 0.261 e. The predicted octanol–water partition coefficient (Wildman–Crippen LogP) is 5.51. The summed E-state index contributed by atoms with van der Waals surface area (Å²) >= 11 is 0. The Morgan fingerprint density at radius 2 is 1.53 bits per heavy atom. The lowest BCUT2D eigenvalue weighted by atomic mass is 10.1. The van der Waals surface area contributed by atoms with Crippen LogP contribution >= 0.6 is 0 Å². The summed E-state index contributed by atoms with van der Waals surface area (Å²) in [6, 6.07) is 9.53. The first-order chi connectivity index (χ1) is 18.1. The van der Waals surface area contributed by atoms with E-state index >= 15 is 0 Å². The molecule has 5 aromatic rings. The third-order valence-electron chi connectivity index (χ3n) is 6.22. The molecule has 1 amide bonds. The monoisotopic (exact) mass is 526 g/mol. The lowest BCUT2D eigenvalue weighted by molar-refractivity contribution is 0.102. The fourth-order valence-corrected chi connectivity index (χ4v) is 4.15. The third-order valence-corrected chi connectivity index (χ3v) is 6.22. The maximum Gasteiger partial charge on any atom is 0.261 e. The first-order valence-corrected chi connectivity index (χ1v) is 11.3. The highest BCUT2D eigenvalue weighted by molar-refractivity contribution is 6.08. The maximum atomic E-state index is 14.2. The zero-order valence-corrected chi connectivity index (χ0v) is 20.3. The Balaban J connectivity index is 1.46. The van der Waals surface area contributed by atoms with Gasteiger partial charge >= 0.3 is 0 Å². The van der Waals surface area contributed by atoms with Crippen LogP contribution in [0.15, 0.2) is 42.7 Å². The van der Waals surface area contributed by atoms with Crippen LogP contribution in [0.5, 0.6) is 0 Å². The molecule has 38 heavy (non-hydrogen) atoms. The Bertz CT molecular complexity index is 1700. The van der Waals surface area contributed by atoms with Gasteiger partial charge in [0.1, 0.15) is 5.56 Å². The van der Waals surface area contributed by atoms with Crippen LogP contribution in [-0.2, 0) is 6.54 Å². The van der Waals surface area contributed by atoms with Gasteiger partial charge in [-0.2, -0.15) is 10.2 Å². The molecule has 0 aliphatic heterocycles. The van der Waals surface area contributed by atoms with Crippen LogP contribution in [0.25, 0.3) is 16.9 Å². The third kappa shape index (κ3) is 4.07. The number of rotatable bonds is 5. The minimum absolute atomic E-state index is 0.158. The number of aryl methyl sites for hydroxylation is 2. The summed E-state index contributed by atoms with van der Waals surface area (Å²) in [7, 11) is 0. The molecule has 7 nitrogen and oxygen atoms in total. The number of benzene rings is 2. The Labute approximate surface area is 212 Å². The van der Waals surface area contributed by atoms with Crippen molar-refractivity contribution in [1.29, 1.82) is 0 Å². The van der Waals surface area contributed by atoms with E-state index in [4.69, 9.17) is 0 Å². The molecule has 0 unspecified atom stereocenters. The van der Waals surface area contributed by atoms with E-state index in [0.29, 0.717) is 5.65 Å². The molecule has 0 saturated carbocycles. The van der Waals surface area contributed by atoms with Crippen LogP contribution < -0.4 is 5.32 Å². The van der Waals surface area contributed by atoms with Gasteiger partial charge in [0.15, 0.2) is 28.9 Å². The number of nitrogens with zero attached hydrogens (tertiary/aromatic N) is 5. The highest BCUT2D eigenvalue weighted by Gasteiger charge is 2.27. The average Bonchev–Trinajstić information content (AvgIpc) is 3.46. The van der Waals surface area contributed by atoms with Crippen molar-refractivity contribution in [2.45, 2.75) is 27.3 Å². The highest BCUT2D eigenvalue weighted by atomic mass is 19.2. The number of carbonyl (C=O) groups excluding carboxylic acids is 1. The van der Waals surface area contributed by atoms with Crippen LogP contribution in [0.2, 0.25) is 0 Å². The van der Waals surface area contributed by atoms with E-state index < -0.39 is 47.1 Å². The highest BCUT2D eigenvalue weighted by Crippen LogP contribution is 2.27. The minimum Gasteiger partial charge on any atom is -0.319 e. The standard InChI is InChI=1S/C26H19F5N6O/c1-12-4-6-15(7-5-12)18-8-9-32-25-16(10-33-37(18)25)26(38)34-24-13(2)35-36(14(24)3)11-17-19(27)21(29)23(31)22(30)20(17)28/h4-10H,11H2,1-3H3,(H,34,38). The number of aromatic nitrogens is 5. The van der Waals surface area contributed by atoms with E-state index in [2.05, 4.69) is 20.5 Å². The van der Waals surface area contributed by atoms with Crippen LogP contribution in [0.3, 0.4) is 0 Å². The number of halogens is 5. The Hall–Kier alpha value is -4.61. The molecule has 0 fully saturated rings. The van der Waals surface area contributed by atoms with Gasteiger partial charge in [0.05, 0.1) is 41.1 Å². The molecule has 0 aliphatic rings. The fraction of sp³-hybridized carbons (Fsp3) is 0.154. The van der Waals surface area contributed by atoms with Gasteiger partial charge in [-0.15, -0.1) is 0 Å². The first-order valence-electron chi connectivity index (χ1n) is 11.3. The van der Waals surface area contributed by atoms with Crippen LogP contribution in [-0.4, -0.2) is 30.3 Å². The first kappa shape index (κ1) is 25.1. The summed E-state index contributed by atoms with van der Waals surface area (Å²) in [6.45, 7) is 4.25. The van der Waals surface area contributed by atoms with Crippen molar-refractivity contribution >= 4 is 17.2 Å². The molecule has 0 saturated heterocycles. The van der Waals surface area contributed by atoms with Gasteiger partial charge in [-0.1, -0.05) is 29.8 Å². The molecule has 0 radical (unpaired) electrons. The second-order valence-corrected chi connectivity index (χ2v) is 8.70. The second kappa shape index (κ2) is 9.36. The van der Waals surface area contributed by atoms with Crippen molar-refractivity contribution in [3.8, 4) is 11.3 Å². The molecule has 3 aromatic heterocycles. The normalized spacial score (nSPS) is 11.4. The number of hydrogen-bond donors (Lipinski definition) is 1. The molecule has 0 aliphatic carbocycles. The van der Waals surface area contributed by atoms with Gasteiger partial charge in [-0.05, 0) is 26.8 Å². The van der Waals surface area contributed by atoms with Crippen molar-refractivity contribution in [2.75, 3.05) is 5.32 Å². The Morgan fingerprint density at radius 1 is 0.895 bits per heavy atom. The molecule has 194 valence electrons. The van der Waals surface area contributed by atoms with Gasteiger partial charge in [0.25, 0.3) is 5.91 Å². The van der Waals surface area contributed by atoms with E-state index in [9.17, 15) is 26.7 Å². The van der Waals surface area contributed by atoms with Crippen LogP contribution in [0.1, 0.15) is 32.9 Å². The summed E-state index contributed by atoms with van der Waals surface area (Å²) in [5.41, 5.74) is 2.82. The lowest BCUT2D eigenvalue weighted by Gasteiger charge is -2.10. The average molecular weight is 526 g/mol. The predicted molar refractivity (Wildman–Crippen MR) is 128 cm³/mol. The molecule has 0 spiro atoms. The van der Waals surface area contributed by atoms with Crippen molar-refractivity contribution in [3.63, 3.8) is 0 Å². The molecular formula is C26H19F5N6O. The zero-order valence-electron chi connectivity index (χ0n) is 20.3. The van der Waals surface area contributed by atoms with Gasteiger partial charge in [-0.3, -0.25) is 9.48 Å². The van der Waals surface area contributed by atoms with Gasteiger partial charge in [-0.25, -0.2) is 31.5 Å². The fourth-order valence-electron chi connectivity index (χ4n) is 4.15. The summed E-state index contributed by atoms with van der Waals surface area (Å²) in [6.07, 6.45) is 2.92. The van der Waals surface area contributed by atoms with Gasteiger partial charge in [0, 0.05) is 11.8 Å². The number of anilines is 1. The summed E-state index contributed by atoms with van der Waals surface area (Å²) < 4.78 is 71.7. The number of fused-ring (bicyclic) bond motifs is 1. The molecular weight excluding hydrogens is 507 g/mol. The number of hydrogen-bond acceptors (Lipinski definition) is 4. The van der Waals surface area contributed by atoms with Crippen LogP contribution in [0, 0.1) is 49.9 Å². The van der Waals surface area contributed by atoms with E-state index in [-0.39, 0.29) is 22.6 Å². The number of nitrogens with one attached hydrogen (secondary N) is 1. The molecule has 3 heterocycles. The largest absolute Gasteiger partial charge is 0.319 e. The lowest BCUT2D eigenvalue weighted by Crippen LogP contribution is -2.15. The Kier molecular flexibility index (Phi) is 6.17. The molecule has 2 aromatic carbocycles. The number of amides is 1. The van der Waals surface area contributed by atoms with E-state index in [0.717, 1.165) is 21.5 Å². The van der Waals surface area contributed by atoms with E-state index in [1.54, 1.807) is 12.3 Å². The molecule has 12 heteroatoms. The Morgan fingerprint density at radius 3 is 2.18 bits per heavy atom. The summed E-state index contributed by atoms with van der Waals surface area (Å²) in [5.74, 6) is -10.8. The van der Waals surface area contributed by atoms with Crippen molar-refractivity contribution in [1.82, 2.24) is 24.4 Å². The SMILES string of the molecule is Cc1ccc(-c2ccnc3c(C(=O)Nc4c(C)nn(Cc5c(F)c(F)c(F)c(F)c5F)c4C)cnn23)cc1. The van der Waals surface area contributed by atoms with E-state index in [1.165, 1.54) is 24.6 Å². The molecule has 0 bridgehead atoms. The molecule has 0 atom stereocenters. The summed E-state index contributed by atoms with van der Waals surface area (Å²) in [4.78, 5) is 17.5. The number of carbonyl (C=O) groups is 1. The van der Waals surface area contributed by atoms with E-state index in [1.807, 2.05) is 31.2 Å². The van der Waals surface area contributed by atoms with Gasteiger partial charge < -0.3 is 5.32 Å². The van der Waals surface area contributed by atoms with Crippen LogP contribution in [0.4, 0.5) is 27.6 Å². The van der Waals surface area contributed by atoms with Crippen molar-refractivity contribution < 1.29 is 26.7 Å². The molecule has 1 N–H and O–H groups in total. The minimum atomic E-state index is -2.24. The zero-order chi connectivity index (χ0) is 27.3. The van der Waals surface area contributed by atoms with Crippen molar-refractivity contribution in [3.05, 3.63) is 99.9 Å².